The Balaban J connectivity index is 2.54. The van der Waals surface area contributed by atoms with Crippen LogP contribution in [-0.2, 0) is 9.53 Å². The number of carbonyl (C=O) groups excluding carboxylic acids is 1. The van der Waals surface area contributed by atoms with E-state index in [9.17, 15) is 4.79 Å². The van der Waals surface area contributed by atoms with Crippen molar-refractivity contribution in [3.63, 3.8) is 0 Å². The highest BCUT2D eigenvalue weighted by atomic mass is 16.5. The highest BCUT2D eigenvalue weighted by Crippen LogP contribution is 2.13. The van der Waals surface area contributed by atoms with Crippen LogP contribution in [0.5, 0.6) is 0 Å². The second-order valence-corrected chi connectivity index (χ2v) is 6.19. The Kier molecular flexibility index (Phi) is 9.19. The minimum absolute atomic E-state index is 0.00200. The Bertz CT molecular complexity index is 464. The highest BCUT2D eigenvalue weighted by molar-refractivity contribution is 5.78. The molecule has 1 amide bonds. The van der Waals surface area contributed by atoms with Crippen LogP contribution < -0.4 is 16.4 Å². The molecule has 0 spiro atoms. The molecule has 0 aromatic carbocycles. The first-order chi connectivity index (χ1) is 11.5. The third-order valence-corrected chi connectivity index (χ3v) is 3.80. The van der Waals surface area contributed by atoms with Crippen LogP contribution >= 0.6 is 0 Å². The first kappa shape index (κ1) is 20.3. The van der Waals surface area contributed by atoms with E-state index in [0.717, 1.165) is 32.5 Å². The number of unbranched alkanes of at least 4 members (excludes halogenated alkanes) is 1. The van der Waals surface area contributed by atoms with Crippen molar-refractivity contribution in [3.05, 3.63) is 36.3 Å². The van der Waals surface area contributed by atoms with Crippen molar-refractivity contribution in [2.45, 2.75) is 45.3 Å². The van der Waals surface area contributed by atoms with Gasteiger partial charge in [0.2, 0.25) is 5.91 Å². The number of nitrogens with zero attached hydrogens (tertiary/aromatic N) is 1. The maximum Gasteiger partial charge on any atom is 0.224 e. The minimum Gasteiger partial charge on any atom is -0.385 e. The standard InChI is InChI=1S/C18H32N4O2/c1-5-16(21-18(23)8-6-7-11-20-4)9-10-17(19)22-12-14(2)24-15(3)13-22/h5,9-10,14-15,20H,1,6-8,11-13,19H2,2-4H3,(H,21,23)/b16-9+,17-10+/t14-,15+. The molecule has 1 saturated heterocycles. The molecular formula is C18H32N4O2. The van der Waals surface area contributed by atoms with Gasteiger partial charge < -0.3 is 26.0 Å². The molecule has 4 N–H and O–H groups in total. The predicted octanol–water partition coefficient (Wildman–Crippen LogP) is 1.47. The first-order valence-corrected chi connectivity index (χ1v) is 8.61. The fraction of sp³-hybridized carbons (Fsp3) is 0.611. The predicted molar refractivity (Wildman–Crippen MR) is 98.1 cm³/mol. The van der Waals surface area contributed by atoms with Crippen molar-refractivity contribution < 1.29 is 9.53 Å². The second kappa shape index (κ2) is 10.9. The summed E-state index contributed by atoms with van der Waals surface area (Å²) in [6.07, 6.45) is 7.88. The van der Waals surface area contributed by atoms with Crippen LogP contribution in [0.3, 0.4) is 0 Å². The van der Waals surface area contributed by atoms with Crippen LogP contribution in [0.2, 0.25) is 0 Å². The van der Waals surface area contributed by atoms with Gasteiger partial charge in [-0.1, -0.05) is 6.58 Å². The molecular weight excluding hydrogens is 304 g/mol. The molecule has 2 atom stereocenters. The zero-order valence-corrected chi connectivity index (χ0v) is 15.2. The van der Waals surface area contributed by atoms with Gasteiger partial charge in [0.05, 0.1) is 18.0 Å². The van der Waals surface area contributed by atoms with Crippen LogP contribution in [0.25, 0.3) is 0 Å². The lowest BCUT2D eigenvalue weighted by Crippen LogP contribution is -2.46. The van der Waals surface area contributed by atoms with Gasteiger partial charge >= 0.3 is 0 Å². The summed E-state index contributed by atoms with van der Waals surface area (Å²) in [6.45, 7) is 10.3. The average Bonchev–Trinajstić information content (AvgIpc) is 2.54. The van der Waals surface area contributed by atoms with E-state index in [0.29, 0.717) is 17.9 Å². The number of hydrogen-bond acceptors (Lipinski definition) is 5. The van der Waals surface area contributed by atoms with Crippen molar-refractivity contribution in [2.75, 3.05) is 26.7 Å². The Morgan fingerprint density at radius 2 is 1.96 bits per heavy atom. The topological polar surface area (TPSA) is 79.6 Å². The van der Waals surface area contributed by atoms with Gasteiger partial charge in [-0.3, -0.25) is 4.79 Å². The number of allylic oxidation sites excluding steroid dienone is 3. The number of carbonyl (C=O) groups is 1. The van der Waals surface area contributed by atoms with Gasteiger partial charge in [-0.25, -0.2) is 0 Å². The summed E-state index contributed by atoms with van der Waals surface area (Å²) >= 11 is 0. The first-order valence-electron chi connectivity index (χ1n) is 8.61. The smallest absolute Gasteiger partial charge is 0.224 e. The van der Waals surface area contributed by atoms with Gasteiger partial charge in [0.1, 0.15) is 0 Å². The van der Waals surface area contributed by atoms with Crippen molar-refractivity contribution in [3.8, 4) is 0 Å². The molecule has 0 aliphatic carbocycles. The lowest BCUT2D eigenvalue weighted by Gasteiger charge is -2.36. The molecule has 0 unspecified atom stereocenters. The van der Waals surface area contributed by atoms with Crippen molar-refractivity contribution in [2.24, 2.45) is 5.73 Å². The average molecular weight is 336 g/mol. The molecule has 1 heterocycles. The summed E-state index contributed by atoms with van der Waals surface area (Å²) in [7, 11) is 1.91. The molecule has 1 aliphatic heterocycles. The minimum atomic E-state index is -0.00200. The molecule has 0 saturated carbocycles. The number of hydrogen-bond donors (Lipinski definition) is 3. The summed E-state index contributed by atoms with van der Waals surface area (Å²) in [6, 6.07) is 0. The van der Waals surface area contributed by atoms with Crippen LogP contribution in [0, 0.1) is 0 Å². The molecule has 0 aromatic rings. The molecule has 0 aromatic heterocycles. The van der Waals surface area contributed by atoms with Gasteiger partial charge in [-0.15, -0.1) is 0 Å². The van der Waals surface area contributed by atoms with E-state index in [1.54, 1.807) is 12.2 Å². The lowest BCUT2D eigenvalue weighted by molar-refractivity contribution is -0.120. The molecule has 6 heteroatoms. The Hall–Kier alpha value is -1.79. The molecule has 1 fully saturated rings. The number of nitrogens with one attached hydrogen (secondary N) is 2. The zero-order valence-electron chi connectivity index (χ0n) is 15.2. The molecule has 0 radical (unpaired) electrons. The molecule has 0 bridgehead atoms. The Morgan fingerprint density at radius 1 is 1.29 bits per heavy atom. The fourth-order valence-electron chi connectivity index (χ4n) is 2.64. The number of nitrogens with two attached hydrogens (primary N) is 1. The summed E-state index contributed by atoms with van der Waals surface area (Å²) in [5.74, 6) is 0.664. The molecule has 1 rings (SSSR count). The number of amides is 1. The van der Waals surface area contributed by atoms with Crippen LogP contribution in [0.15, 0.2) is 36.3 Å². The molecule has 1 aliphatic rings. The van der Waals surface area contributed by atoms with E-state index in [1.165, 1.54) is 0 Å². The van der Waals surface area contributed by atoms with E-state index in [-0.39, 0.29) is 18.1 Å². The van der Waals surface area contributed by atoms with E-state index < -0.39 is 0 Å². The monoisotopic (exact) mass is 336 g/mol. The Morgan fingerprint density at radius 3 is 2.54 bits per heavy atom. The summed E-state index contributed by atoms with van der Waals surface area (Å²) in [5.41, 5.74) is 6.81. The maximum atomic E-state index is 11.9. The normalized spacial score (nSPS) is 22.4. The van der Waals surface area contributed by atoms with Gasteiger partial charge in [0, 0.05) is 25.2 Å². The Labute approximate surface area is 145 Å². The second-order valence-electron chi connectivity index (χ2n) is 6.19. The van der Waals surface area contributed by atoms with Crippen LogP contribution in [-0.4, -0.2) is 49.7 Å². The third kappa shape index (κ3) is 7.66. The third-order valence-electron chi connectivity index (χ3n) is 3.80. The van der Waals surface area contributed by atoms with Crippen LogP contribution in [0.1, 0.15) is 33.1 Å². The van der Waals surface area contributed by atoms with Crippen molar-refractivity contribution in [1.29, 1.82) is 0 Å². The fourth-order valence-corrected chi connectivity index (χ4v) is 2.64. The molecule has 6 nitrogen and oxygen atoms in total. The van der Waals surface area contributed by atoms with E-state index in [2.05, 4.69) is 22.1 Å². The summed E-state index contributed by atoms with van der Waals surface area (Å²) < 4.78 is 5.70. The van der Waals surface area contributed by atoms with Crippen LogP contribution in [0.4, 0.5) is 0 Å². The number of morpholine rings is 1. The number of rotatable bonds is 9. The molecule has 136 valence electrons. The van der Waals surface area contributed by atoms with Gasteiger partial charge in [0.15, 0.2) is 0 Å². The quantitative estimate of drug-likeness (QED) is 0.439. The zero-order chi connectivity index (χ0) is 17.9. The van der Waals surface area contributed by atoms with E-state index >= 15 is 0 Å². The maximum absolute atomic E-state index is 11.9. The summed E-state index contributed by atoms with van der Waals surface area (Å²) in [5, 5.41) is 5.93. The summed E-state index contributed by atoms with van der Waals surface area (Å²) in [4.78, 5) is 14.0. The number of ether oxygens (including phenoxy) is 1. The van der Waals surface area contributed by atoms with Gasteiger partial charge in [-0.2, -0.15) is 0 Å². The van der Waals surface area contributed by atoms with E-state index in [4.69, 9.17) is 10.5 Å². The van der Waals surface area contributed by atoms with Gasteiger partial charge in [0.25, 0.3) is 0 Å². The van der Waals surface area contributed by atoms with E-state index in [1.807, 2.05) is 27.0 Å². The molecule has 24 heavy (non-hydrogen) atoms. The van der Waals surface area contributed by atoms with Crippen molar-refractivity contribution in [1.82, 2.24) is 15.5 Å². The lowest BCUT2D eigenvalue weighted by atomic mass is 10.2. The largest absolute Gasteiger partial charge is 0.385 e. The SMILES string of the molecule is C=C/C(=C\C=C(/N)N1C[C@@H](C)O[C@@H](C)C1)NC(=O)CCCCNC. The van der Waals surface area contributed by atoms with Crippen molar-refractivity contribution >= 4 is 5.91 Å². The van der Waals surface area contributed by atoms with Gasteiger partial charge in [-0.05, 0) is 58.5 Å². The highest BCUT2D eigenvalue weighted by Gasteiger charge is 2.22.